The summed E-state index contributed by atoms with van der Waals surface area (Å²) in [5.74, 6) is 1.94. The topological polar surface area (TPSA) is 86.5 Å². The zero-order chi connectivity index (χ0) is 21.6. The molecule has 0 saturated heterocycles. The van der Waals surface area contributed by atoms with Crippen molar-refractivity contribution in [2.24, 2.45) is 0 Å². The van der Waals surface area contributed by atoms with Gasteiger partial charge in [0.2, 0.25) is 11.7 Å². The van der Waals surface area contributed by atoms with E-state index in [1.54, 1.807) is 32.4 Å². The molecule has 1 aromatic heterocycles. The Labute approximate surface area is 179 Å². The van der Waals surface area contributed by atoms with Gasteiger partial charge in [-0.2, -0.15) is 4.98 Å². The lowest BCUT2D eigenvalue weighted by molar-refractivity contribution is 0.102. The van der Waals surface area contributed by atoms with Gasteiger partial charge in [0.25, 0.3) is 5.91 Å². The zero-order valence-corrected chi connectivity index (χ0v) is 17.2. The largest absolute Gasteiger partial charge is 0.497 e. The van der Waals surface area contributed by atoms with Gasteiger partial charge in [0.05, 0.1) is 20.6 Å². The Hall–Kier alpha value is -4.13. The normalized spacial score (nSPS) is 10.5. The number of rotatable bonds is 7. The molecule has 0 saturated carbocycles. The molecule has 7 heteroatoms. The molecule has 0 aliphatic carbocycles. The molecule has 0 bridgehead atoms. The van der Waals surface area contributed by atoms with Gasteiger partial charge in [0.1, 0.15) is 11.5 Å². The fourth-order valence-corrected chi connectivity index (χ4v) is 3.05. The molecular weight excluding hydrogens is 394 g/mol. The molecule has 156 valence electrons. The summed E-state index contributed by atoms with van der Waals surface area (Å²) >= 11 is 0. The number of hydrogen-bond acceptors (Lipinski definition) is 6. The van der Waals surface area contributed by atoms with Gasteiger partial charge in [0, 0.05) is 22.9 Å². The summed E-state index contributed by atoms with van der Waals surface area (Å²) in [6.07, 6.45) is 0.501. The van der Waals surface area contributed by atoms with Crippen LogP contribution in [0.2, 0.25) is 0 Å². The highest BCUT2D eigenvalue weighted by molar-refractivity contribution is 6.04. The van der Waals surface area contributed by atoms with Crippen molar-refractivity contribution in [2.75, 3.05) is 19.5 Å². The van der Waals surface area contributed by atoms with Gasteiger partial charge >= 0.3 is 0 Å². The van der Waals surface area contributed by atoms with Crippen LogP contribution < -0.4 is 14.8 Å². The fraction of sp³-hybridized carbons (Fsp3) is 0.125. The van der Waals surface area contributed by atoms with Crippen molar-refractivity contribution in [3.8, 4) is 22.9 Å². The second-order valence-electron chi connectivity index (χ2n) is 6.81. The molecule has 0 fully saturated rings. The van der Waals surface area contributed by atoms with Crippen LogP contribution in [0.4, 0.5) is 5.69 Å². The summed E-state index contributed by atoms with van der Waals surface area (Å²) < 4.78 is 15.8. The van der Waals surface area contributed by atoms with Crippen molar-refractivity contribution >= 4 is 11.6 Å². The maximum atomic E-state index is 12.6. The van der Waals surface area contributed by atoms with Gasteiger partial charge in [-0.05, 0) is 29.8 Å². The number of carbonyl (C=O) groups is 1. The first-order valence-electron chi connectivity index (χ1n) is 9.66. The first-order valence-corrected chi connectivity index (χ1v) is 9.66. The lowest BCUT2D eigenvalue weighted by atomic mass is 10.1. The molecule has 1 N–H and O–H groups in total. The van der Waals surface area contributed by atoms with Crippen LogP contribution in [0.15, 0.2) is 77.3 Å². The van der Waals surface area contributed by atoms with E-state index >= 15 is 0 Å². The molecule has 7 nitrogen and oxygen atoms in total. The molecule has 4 aromatic rings. The molecular formula is C24H21N3O4. The number of nitrogens with one attached hydrogen (secondary N) is 1. The average molecular weight is 415 g/mol. The summed E-state index contributed by atoms with van der Waals surface area (Å²) in [7, 11) is 3.09. The molecule has 31 heavy (non-hydrogen) atoms. The van der Waals surface area contributed by atoms with E-state index in [-0.39, 0.29) is 5.91 Å². The molecule has 1 heterocycles. The van der Waals surface area contributed by atoms with Crippen molar-refractivity contribution in [1.82, 2.24) is 10.1 Å². The number of hydrogen-bond donors (Lipinski definition) is 1. The second kappa shape index (κ2) is 9.13. The molecule has 0 atom stereocenters. The minimum atomic E-state index is -0.255. The molecule has 0 radical (unpaired) electrons. The lowest BCUT2D eigenvalue weighted by Gasteiger charge is -2.09. The van der Waals surface area contributed by atoms with Crippen LogP contribution in [0.1, 0.15) is 21.8 Å². The molecule has 0 unspecified atom stereocenters. The maximum absolute atomic E-state index is 12.6. The number of aromatic nitrogens is 2. The van der Waals surface area contributed by atoms with Crippen LogP contribution >= 0.6 is 0 Å². The van der Waals surface area contributed by atoms with Gasteiger partial charge in [-0.1, -0.05) is 47.6 Å². The van der Waals surface area contributed by atoms with Crippen LogP contribution in [0.25, 0.3) is 11.4 Å². The summed E-state index contributed by atoms with van der Waals surface area (Å²) in [5, 5.41) is 6.91. The zero-order valence-electron chi connectivity index (χ0n) is 17.2. The standard InChI is InChI=1S/C24H21N3O4/c1-29-20-13-18(14-21(15-20)30-2)24(28)25-19-10-8-16(9-11-19)12-22-26-23(27-31-22)17-6-4-3-5-7-17/h3-11,13-15H,12H2,1-2H3,(H,25,28). The highest BCUT2D eigenvalue weighted by atomic mass is 16.5. The first-order chi connectivity index (χ1) is 15.1. The second-order valence-corrected chi connectivity index (χ2v) is 6.81. The van der Waals surface area contributed by atoms with Crippen LogP contribution in [-0.2, 0) is 6.42 Å². The van der Waals surface area contributed by atoms with Gasteiger partial charge in [0.15, 0.2) is 0 Å². The van der Waals surface area contributed by atoms with E-state index in [2.05, 4.69) is 15.5 Å². The van der Waals surface area contributed by atoms with E-state index in [0.717, 1.165) is 11.1 Å². The molecule has 0 spiro atoms. The Morgan fingerprint density at radius 2 is 1.61 bits per heavy atom. The highest BCUT2D eigenvalue weighted by Crippen LogP contribution is 2.23. The predicted octanol–water partition coefficient (Wildman–Crippen LogP) is 4.60. The summed E-state index contributed by atoms with van der Waals surface area (Å²) in [6, 6.07) is 22.2. The van der Waals surface area contributed by atoms with E-state index in [9.17, 15) is 4.79 Å². The Morgan fingerprint density at radius 3 is 2.26 bits per heavy atom. The van der Waals surface area contributed by atoms with E-state index < -0.39 is 0 Å². The lowest BCUT2D eigenvalue weighted by Crippen LogP contribution is -2.12. The highest BCUT2D eigenvalue weighted by Gasteiger charge is 2.12. The van der Waals surface area contributed by atoms with E-state index in [4.69, 9.17) is 14.0 Å². The van der Waals surface area contributed by atoms with E-state index in [1.165, 1.54) is 0 Å². The van der Waals surface area contributed by atoms with Crippen molar-refractivity contribution in [3.05, 3.63) is 89.8 Å². The number of nitrogens with zero attached hydrogens (tertiary/aromatic N) is 2. The van der Waals surface area contributed by atoms with E-state index in [1.807, 2.05) is 54.6 Å². The van der Waals surface area contributed by atoms with Crippen molar-refractivity contribution in [1.29, 1.82) is 0 Å². The number of methoxy groups -OCH3 is 2. The molecule has 3 aromatic carbocycles. The number of benzene rings is 3. The molecule has 4 rings (SSSR count). The quantitative estimate of drug-likeness (QED) is 0.475. The number of carbonyl (C=O) groups excluding carboxylic acids is 1. The van der Waals surface area contributed by atoms with Gasteiger partial charge in [-0.25, -0.2) is 0 Å². The summed E-state index contributed by atoms with van der Waals surface area (Å²) in [4.78, 5) is 17.1. The molecule has 0 aliphatic rings. The Bertz CT molecular complexity index is 1150. The number of amides is 1. The third kappa shape index (κ3) is 4.90. The first kappa shape index (κ1) is 20.2. The fourth-order valence-electron chi connectivity index (χ4n) is 3.05. The Morgan fingerprint density at radius 1 is 0.935 bits per heavy atom. The monoisotopic (exact) mass is 415 g/mol. The van der Waals surface area contributed by atoms with Crippen LogP contribution in [-0.4, -0.2) is 30.3 Å². The number of ether oxygens (including phenoxy) is 2. The van der Waals surface area contributed by atoms with Crippen molar-refractivity contribution in [3.63, 3.8) is 0 Å². The Kier molecular flexibility index (Phi) is 5.93. The summed E-state index contributed by atoms with van der Waals surface area (Å²) in [5.41, 5.74) is 3.01. The average Bonchev–Trinajstić information content (AvgIpc) is 3.29. The van der Waals surface area contributed by atoms with Crippen LogP contribution in [0.5, 0.6) is 11.5 Å². The summed E-state index contributed by atoms with van der Waals surface area (Å²) in [6.45, 7) is 0. The van der Waals surface area contributed by atoms with E-state index in [0.29, 0.717) is 40.9 Å². The van der Waals surface area contributed by atoms with Crippen molar-refractivity contribution < 1.29 is 18.8 Å². The van der Waals surface area contributed by atoms with Gasteiger partial charge in [-0.15, -0.1) is 0 Å². The SMILES string of the molecule is COc1cc(OC)cc(C(=O)Nc2ccc(Cc3nc(-c4ccccc4)no3)cc2)c1. The smallest absolute Gasteiger partial charge is 0.255 e. The van der Waals surface area contributed by atoms with Crippen molar-refractivity contribution in [2.45, 2.75) is 6.42 Å². The molecule has 1 amide bonds. The molecule has 0 aliphatic heterocycles. The van der Waals surface area contributed by atoms with Crippen LogP contribution in [0.3, 0.4) is 0 Å². The third-order valence-electron chi connectivity index (χ3n) is 4.68. The van der Waals surface area contributed by atoms with Gasteiger partial charge < -0.3 is 19.3 Å². The van der Waals surface area contributed by atoms with Gasteiger partial charge in [-0.3, -0.25) is 4.79 Å². The number of anilines is 1. The predicted molar refractivity (Wildman–Crippen MR) is 116 cm³/mol. The maximum Gasteiger partial charge on any atom is 0.255 e. The Balaban J connectivity index is 1.42. The third-order valence-corrected chi connectivity index (χ3v) is 4.68. The van der Waals surface area contributed by atoms with Crippen LogP contribution in [0, 0.1) is 0 Å². The minimum absolute atomic E-state index is 0.255. The minimum Gasteiger partial charge on any atom is -0.497 e.